The fourth-order valence-corrected chi connectivity index (χ4v) is 1.91. The van der Waals surface area contributed by atoms with Gasteiger partial charge in [0.05, 0.1) is 12.2 Å². The first-order valence-corrected chi connectivity index (χ1v) is 6.72. The second kappa shape index (κ2) is 5.55. The highest BCUT2D eigenvalue weighted by molar-refractivity contribution is 7.92. The molecule has 1 aromatic carbocycles. The van der Waals surface area contributed by atoms with Gasteiger partial charge >= 0.3 is 0 Å². The highest BCUT2D eigenvalue weighted by Crippen LogP contribution is 2.17. The highest BCUT2D eigenvalue weighted by atomic mass is 32.2. The fourth-order valence-electron chi connectivity index (χ4n) is 1.17. The molecule has 0 fully saturated rings. The van der Waals surface area contributed by atoms with Crippen LogP contribution in [0.1, 0.15) is 13.8 Å². The van der Waals surface area contributed by atoms with E-state index in [1.54, 1.807) is 30.3 Å². The van der Waals surface area contributed by atoms with Crippen LogP contribution in [-0.4, -0.2) is 20.3 Å². The number of nitrogens with zero attached hydrogens (tertiary/aromatic N) is 1. The molecule has 1 N–H and O–H groups in total. The zero-order valence-electron chi connectivity index (χ0n) is 9.67. The first-order chi connectivity index (χ1) is 7.93. The standard InChI is InChI=1S/C11H14N2O3S/c1-9(2)16-11-5-3-10(4-6-11)13-17(14,15)8-7-12/h3-6,9,13H,8H2,1-2H3. The molecule has 0 saturated heterocycles. The summed E-state index contributed by atoms with van der Waals surface area (Å²) in [5, 5.41) is 8.33. The molecule has 0 bridgehead atoms. The maximum atomic E-state index is 11.3. The van der Waals surface area contributed by atoms with Gasteiger partial charge in [-0.1, -0.05) is 0 Å². The topological polar surface area (TPSA) is 79.2 Å². The van der Waals surface area contributed by atoms with Crippen molar-refractivity contribution in [3.05, 3.63) is 24.3 Å². The molecule has 0 aromatic heterocycles. The lowest BCUT2D eigenvalue weighted by Crippen LogP contribution is -2.15. The largest absolute Gasteiger partial charge is 0.491 e. The lowest BCUT2D eigenvalue weighted by molar-refractivity contribution is 0.242. The van der Waals surface area contributed by atoms with Gasteiger partial charge in [-0.2, -0.15) is 5.26 Å². The van der Waals surface area contributed by atoms with E-state index in [9.17, 15) is 8.42 Å². The van der Waals surface area contributed by atoms with E-state index in [1.807, 2.05) is 13.8 Å². The quantitative estimate of drug-likeness (QED) is 0.868. The Hall–Kier alpha value is -1.74. The summed E-state index contributed by atoms with van der Waals surface area (Å²) in [5.41, 5.74) is 0.413. The van der Waals surface area contributed by atoms with E-state index in [0.29, 0.717) is 11.4 Å². The maximum Gasteiger partial charge on any atom is 0.246 e. The molecule has 0 spiro atoms. The molecular formula is C11H14N2O3S. The molecule has 0 aliphatic carbocycles. The van der Waals surface area contributed by atoms with Crippen LogP contribution in [0.4, 0.5) is 5.69 Å². The average molecular weight is 254 g/mol. The Labute approximate surface area is 101 Å². The molecule has 0 saturated carbocycles. The third-order valence-electron chi connectivity index (χ3n) is 1.75. The van der Waals surface area contributed by atoms with Crippen LogP contribution >= 0.6 is 0 Å². The van der Waals surface area contributed by atoms with Gasteiger partial charge in [-0.15, -0.1) is 0 Å². The van der Waals surface area contributed by atoms with Crippen molar-refractivity contribution in [3.63, 3.8) is 0 Å². The van der Waals surface area contributed by atoms with Crippen LogP contribution in [-0.2, 0) is 10.0 Å². The molecule has 1 aromatic rings. The van der Waals surface area contributed by atoms with Gasteiger partial charge in [0.1, 0.15) is 5.75 Å². The van der Waals surface area contributed by atoms with Crippen molar-refractivity contribution in [2.24, 2.45) is 0 Å². The molecule has 0 aliphatic rings. The third-order valence-corrected chi connectivity index (χ3v) is 2.81. The highest BCUT2D eigenvalue weighted by Gasteiger charge is 2.09. The predicted octanol–water partition coefficient (Wildman–Crippen LogP) is 1.74. The second-order valence-electron chi connectivity index (χ2n) is 3.71. The number of sulfonamides is 1. The minimum atomic E-state index is -3.57. The molecule has 92 valence electrons. The number of hydrogen-bond donors (Lipinski definition) is 1. The molecule has 0 radical (unpaired) electrons. The van der Waals surface area contributed by atoms with E-state index in [0.717, 1.165) is 0 Å². The van der Waals surface area contributed by atoms with Crippen molar-refractivity contribution in [1.82, 2.24) is 0 Å². The Morgan fingerprint density at radius 1 is 1.35 bits per heavy atom. The van der Waals surface area contributed by atoms with Crippen molar-refractivity contribution in [2.45, 2.75) is 20.0 Å². The molecule has 0 aliphatic heterocycles. The van der Waals surface area contributed by atoms with Crippen molar-refractivity contribution < 1.29 is 13.2 Å². The summed E-state index contributed by atoms with van der Waals surface area (Å²) in [7, 11) is -3.57. The van der Waals surface area contributed by atoms with Crippen molar-refractivity contribution in [3.8, 4) is 11.8 Å². The number of benzene rings is 1. The summed E-state index contributed by atoms with van der Waals surface area (Å²) in [5.74, 6) is 0.111. The van der Waals surface area contributed by atoms with Gasteiger partial charge in [-0.05, 0) is 38.1 Å². The van der Waals surface area contributed by atoms with E-state index >= 15 is 0 Å². The molecule has 0 amide bonds. The number of anilines is 1. The van der Waals surface area contributed by atoms with Crippen LogP contribution in [0.3, 0.4) is 0 Å². The van der Waals surface area contributed by atoms with E-state index < -0.39 is 15.8 Å². The van der Waals surface area contributed by atoms with Gasteiger partial charge in [0, 0.05) is 5.69 Å². The Bertz CT molecular complexity index is 501. The molecule has 0 unspecified atom stereocenters. The first kappa shape index (κ1) is 13.3. The molecule has 17 heavy (non-hydrogen) atoms. The Morgan fingerprint density at radius 3 is 2.41 bits per heavy atom. The van der Waals surface area contributed by atoms with Crippen LogP contribution in [0, 0.1) is 11.3 Å². The van der Waals surface area contributed by atoms with E-state index in [4.69, 9.17) is 10.00 Å². The van der Waals surface area contributed by atoms with Crippen molar-refractivity contribution in [2.75, 3.05) is 10.5 Å². The molecular weight excluding hydrogens is 240 g/mol. The number of hydrogen-bond acceptors (Lipinski definition) is 4. The maximum absolute atomic E-state index is 11.3. The van der Waals surface area contributed by atoms with E-state index in [1.165, 1.54) is 0 Å². The zero-order chi connectivity index (χ0) is 12.9. The average Bonchev–Trinajstić information content (AvgIpc) is 2.19. The molecule has 0 heterocycles. The lowest BCUT2D eigenvalue weighted by Gasteiger charge is -2.10. The molecule has 6 heteroatoms. The molecule has 1 rings (SSSR count). The first-order valence-electron chi connectivity index (χ1n) is 5.07. The van der Waals surface area contributed by atoms with Crippen LogP contribution in [0.15, 0.2) is 24.3 Å². The monoisotopic (exact) mass is 254 g/mol. The molecule has 0 atom stereocenters. The van der Waals surface area contributed by atoms with Crippen LogP contribution in [0.2, 0.25) is 0 Å². The van der Waals surface area contributed by atoms with E-state index in [2.05, 4.69) is 4.72 Å². The smallest absolute Gasteiger partial charge is 0.246 e. The minimum Gasteiger partial charge on any atom is -0.491 e. The summed E-state index contributed by atoms with van der Waals surface area (Å²) in [4.78, 5) is 0. The summed E-state index contributed by atoms with van der Waals surface area (Å²) in [6.45, 7) is 3.81. The van der Waals surface area contributed by atoms with Gasteiger partial charge in [0.25, 0.3) is 0 Å². The van der Waals surface area contributed by atoms with E-state index in [-0.39, 0.29) is 6.10 Å². The van der Waals surface area contributed by atoms with Crippen molar-refractivity contribution >= 4 is 15.7 Å². The van der Waals surface area contributed by atoms with Crippen LogP contribution < -0.4 is 9.46 Å². The lowest BCUT2D eigenvalue weighted by atomic mass is 10.3. The summed E-state index contributed by atoms with van der Waals surface area (Å²) in [6.07, 6.45) is 0.0659. The van der Waals surface area contributed by atoms with Gasteiger partial charge in [-0.25, -0.2) is 8.42 Å². The second-order valence-corrected chi connectivity index (χ2v) is 5.43. The predicted molar refractivity (Wildman–Crippen MR) is 65.2 cm³/mol. The Balaban J connectivity index is 2.73. The van der Waals surface area contributed by atoms with Gasteiger partial charge < -0.3 is 4.74 Å². The fraction of sp³-hybridized carbons (Fsp3) is 0.364. The Morgan fingerprint density at radius 2 is 1.94 bits per heavy atom. The normalized spacial score (nSPS) is 10.9. The summed E-state index contributed by atoms with van der Waals surface area (Å²) < 4.78 is 30.3. The summed E-state index contributed by atoms with van der Waals surface area (Å²) in [6, 6.07) is 8.11. The number of nitrogens with one attached hydrogen (secondary N) is 1. The van der Waals surface area contributed by atoms with Gasteiger partial charge in [0.15, 0.2) is 5.75 Å². The van der Waals surface area contributed by atoms with Gasteiger partial charge in [0.2, 0.25) is 10.0 Å². The van der Waals surface area contributed by atoms with Crippen LogP contribution in [0.25, 0.3) is 0 Å². The Kier molecular flexibility index (Phi) is 4.35. The number of nitriles is 1. The SMILES string of the molecule is CC(C)Oc1ccc(NS(=O)(=O)CC#N)cc1. The third kappa shape index (κ3) is 4.74. The van der Waals surface area contributed by atoms with Crippen molar-refractivity contribution in [1.29, 1.82) is 5.26 Å². The number of ether oxygens (including phenoxy) is 1. The summed E-state index contributed by atoms with van der Waals surface area (Å²) >= 11 is 0. The van der Waals surface area contributed by atoms with Gasteiger partial charge in [-0.3, -0.25) is 4.72 Å². The number of rotatable bonds is 5. The minimum absolute atomic E-state index is 0.0659. The molecule has 5 nitrogen and oxygen atoms in total. The van der Waals surface area contributed by atoms with Crippen LogP contribution in [0.5, 0.6) is 5.75 Å². The zero-order valence-corrected chi connectivity index (χ0v) is 10.5.